The first-order valence-electron chi connectivity index (χ1n) is 5.95. The van der Waals surface area contributed by atoms with Crippen LogP contribution in [-0.2, 0) is 9.53 Å². The number of methoxy groups -OCH3 is 1. The van der Waals surface area contributed by atoms with Crippen molar-refractivity contribution in [2.75, 3.05) is 7.11 Å². The zero-order valence-electron chi connectivity index (χ0n) is 10.7. The van der Waals surface area contributed by atoms with Crippen molar-refractivity contribution in [2.45, 2.75) is 0 Å². The van der Waals surface area contributed by atoms with E-state index in [4.69, 9.17) is 9.47 Å². The third-order valence-electron chi connectivity index (χ3n) is 2.80. The first-order chi connectivity index (χ1) is 9.76. The van der Waals surface area contributed by atoms with Crippen LogP contribution in [0.1, 0.15) is 11.1 Å². The molecule has 0 N–H and O–H groups in total. The molecule has 2 heterocycles. The second-order valence-electron chi connectivity index (χ2n) is 4.12. The molecule has 4 nitrogen and oxygen atoms in total. The molecule has 0 bridgehead atoms. The number of nitrogens with zero attached hydrogens (tertiary/aromatic N) is 1. The lowest BCUT2D eigenvalue weighted by atomic mass is 10.2. The van der Waals surface area contributed by atoms with E-state index >= 15 is 0 Å². The van der Waals surface area contributed by atoms with Crippen molar-refractivity contribution < 1.29 is 14.3 Å². The molecule has 1 aliphatic heterocycles. The first kappa shape index (κ1) is 12.6. The van der Waals surface area contributed by atoms with Crippen LogP contribution in [0.25, 0.3) is 6.08 Å². The van der Waals surface area contributed by atoms with E-state index in [1.807, 2.05) is 16.8 Å². The van der Waals surface area contributed by atoms with Gasteiger partial charge in [0.05, 0.1) is 7.11 Å². The summed E-state index contributed by atoms with van der Waals surface area (Å²) in [5.41, 5.74) is 2.00. The van der Waals surface area contributed by atoms with Crippen LogP contribution in [0.2, 0.25) is 0 Å². The fraction of sp³-hybridized carbons (Fsp3) is 0.0667. The van der Waals surface area contributed by atoms with Gasteiger partial charge in [0.25, 0.3) is 0 Å². The Bertz CT molecular complexity index is 684. The van der Waals surface area contributed by atoms with Gasteiger partial charge in [0, 0.05) is 5.56 Å². The summed E-state index contributed by atoms with van der Waals surface area (Å²) < 4.78 is 10.3. The van der Waals surface area contributed by atoms with Crippen LogP contribution in [0.4, 0.5) is 0 Å². The molecule has 0 aliphatic carbocycles. The van der Waals surface area contributed by atoms with E-state index < -0.39 is 5.97 Å². The SMILES string of the molecule is COc1ccc(C2=N/C(=C/c3ccsc3)C(=O)O2)cc1. The van der Waals surface area contributed by atoms with Gasteiger partial charge in [0.2, 0.25) is 5.90 Å². The molecule has 1 aromatic carbocycles. The van der Waals surface area contributed by atoms with Gasteiger partial charge in [0.1, 0.15) is 5.75 Å². The van der Waals surface area contributed by atoms with Crippen LogP contribution in [0.15, 0.2) is 51.8 Å². The standard InChI is InChI=1S/C15H11NO3S/c1-18-12-4-2-11(3-5-12)14-16-13(15(17)19-14)8-10-6-7-20-9-10/h2-9H,1H3/b13-8+. The van der Waals surface area contributed by atoms with Crippen LogP contribution >= 0.6 is 11.3 Å². The number of hydrogen-bond acceptors (Lipinski definition) is 5. The Kier molecular flexibility index (Phi) is 3.35. The Hall–Kier alpha value is -2.40. The Labute approximate surface area is 120 Å². The summed E-state index contributed by atoms with van der Waals surface area (Å²) in [7, 11) is 1.60. The van der Waals surface area contributed by atoms with Crippen LogP contribution < -0.4 is 4.74 Å². The third kappa shape index (κ3) is 2.48. The number of hydrogen-bond donors (Lipinski definition) is 0. The normalized spacial score (nSPS) is 16.1. The molecule has 0 atom stereocenters. The van der Waals surface area contributed by atoms with Gasteiger partial charge >= 0.3 is 5.97 Å². The summed E-state index contributed by atoms with van der Waals surface area (Å²) in [6.45, 7) is 0. The van der Waals surface area contributed by atoms with Gasteiger partial charge in [-0.1, -0.05) is 0 Å². The topological polar surface area (TPSA) is 47.9 Å². The number of esters is 1. The van der Waals surface area contributed by atoms with Crippen molar-refractivity contribution in [3.8, 4) is 5.75 Å². The quantitative estimate of drug-likeness (QED) is 0.643. The molecule has 0 saturated heterocycles. The molecule has 2 aromatic rings. The van der Waals surface area contributed by atoms with Crippen LogP contribution in [0, 0.1) is 0 Å². The Morgan fingerprint density at radius 2 is 2.05 bits per heavy atom. The fourth-order valence-electron chi connectivity index (χ4n) is 1.78. The Morgan fingerprint density at radius 3 is 2.70 bits per heavy atom. The minimum Gasteiger partial charge on any atom is -0.497 e. The summed E-state index contributed by atoms with van der Waals surface area (Å²) >= 11 is 1.57. The van der Waals surface area contributed by atoms with E-state index in [0.29, 0.717) is 11.6 Å². The van der Waals surface area contributed by atoms with Crippen LogP contribution in [-0.4, -0.2) is 19.0 Å². The fourth-order valence-corrected chi connectivity index (χ4v) is 2.40. The van der Waals surface area contributed by atoms with Crippen LogP contribution in [0.3, 0.4) is 0 Å². The molecule has 0 unspecified atom stereocenters. The van der Waals surface area contributed by atoms with Crippen molar-refractivity contribution in [2.24, 2.45) is 4.99 Å². The lowest BCUT2D eigenvalue weighted by molar-refractivity contribution is -0.129. The third-order valence-corrected chi connectivity index (χ3v) is 3.51. The average molecular weight is 285 g/mol. The highest BCUT2D eigenvalue weighted by atomic mass is 32.1. The van der Waals surface area contributed by atoms with E-state index in [1.165, 1.54) is 0 Å². The Morgan fingerprint density at radius 1 is 1.25 bits per heavy atom. The van der Waals surface area contributed by atoms with Gasteiger partial charge in [-0.3, -0.25) is 0 Å². The van der Waals surface area contributed by atoms with Crippen molar-refractivity contribution in [1.82, 2.24) is 0 Å². The highest BCUT2D eigenvalue weighted by Crippen LogP contribution is 2.21. The number of ether oxygens (including phenoxy) is 2. The van der Waals surface area contributed by atoms with Gasteiger partial charge in [-0.2, -0.15) is 11.3 Å². The molecule has 1 aromatic heterocycles. The van der Waals surface area contributed by atoms with Crippen LogP contribution in [0.5, 0.6) is 5.75 Å². The van der Waals surface area contributed by atoms with Gasteiger partial charge < -0.3 is 9.47 Å². The smallest absolute Gasteiger partial charge is 0.363 e. The lowest BCUT2D eigenvalue weighted by Gasteiger charge is -2.01. The minimum atomic E-state index is -0.429. The molecule has 20 heavy (non-hydrogen) atoms. The number of aliphatic imine (C=N–C) groups is 1. The van der Waals surface area contributed by atoms with Gasteiger partial charge in [0.15, 0.2) is 5.70 Å². The molecule has 0 fully saturated rings. The predicted octanol–water partition coefficient (Wildman–Crippen LogP) is 3.10. The maximum atomic E-state index is 11.8. The van der Waals surface area contributed by atoms with E-state index in [0.717, 1.165) is 16.9 Å². The lowest BCUT2D eigenvalue weighted by Crippen LogP contribution is -2.05. The van der Waals surface area contributed by atoms with Crippen molar-refractivity contribution in [3.63, 3.8) is 0 Å². The van der Waals surface area contributed by atoms with E-state index in [1.54, 1.807) is 48.8 Å². The number of thiophene rings is 1. The highest BCUT2D eigenvalue weighted by molar-refractivity contribution is 7.08. The largest absolute Gasteiger partial charge is 0.497 e. The molecule has 0 saturated carbocycles. The number of rotatable bonds is 3. The molecular weight excluding hydrogens is 274 g/mol. The van der Waals surface area contributed by atoms with Gasteiger partial charge in [-0.05, 0) is 52.7 Å². The molecule has 0 spiro atoms. The van der Waals surface area contributed by atoms with E-state index in [-0.39, 0.29) is 0 Å². The number of benzene rings is 1. The summed E-state index contributed by atoms with van der Waals surface area (Å²) in [5, 5.41) is 3.89. The van der Waals surface area contributed by atoms with Gasteiger partial charge in [-0.25, -0.2) is 9.79 Å². The number of cyclic esters (lactones) is 1. The molecule has 0 radical (unpaired) electrons. The predicted molar refractivity (Wildman–Crippen MR) is 77.9 cm³/mol. The molecule has 1 aliphatic rings. The van der Waals surface area contributed by atoms with Crippen molar-refractivity contribution >= 4 is 29.3 Å². The zero-order chi connectivity index (χ0) is 13.9. The maximum Gasteiger partial charge on any atom is 0.363 e. The summed E-state index contributed by atoms with van der Waals surface area (Å²) in [5.74, 6) is 0.633. The minimum absolute atomic E-state index is 0.314. The Balaban J connectivity index is 1.89. The number of carbonyl (C=O) groups excluding carboxylic acids is 1. The van der Waals surface area contributed by atoms with E-state index in [2.05, 4.69) is 4.99 Å². The molecule has 3 rings (SSSR count). The summed E-state index contributed by atoms with van der Waals surface area (Å²) in [4.78, 5) is 16.0. The zero-order valence-corrected chi connectivity index (χ0v) is 11.5. The number of carbonyl (C=O) groups is 1. The maximum absolute atomic E-state index is 11.8. The average Bonchev–Trinajstić information content (AvgIpc) is 3.10. The van der Waals surface area contributed by atoms with Crippen molar-refractivity contribution in [3.05, 3.63) is 57.9 Å². The van der Waals surface area contributed by atoms with Gasteiger partial charge in [-0.15, -0.1) is 0 Å². The molecular formula is C15H11NO3S. The summed E-state index contributed by atoms with van der Waals surface area (Å²) in [6, 6.07) is 9.13. The summed E-state index contributed by atoms with van der Waals surface area (Å²) in [6.07, 6.45) is 1.72. The molecule has 100 valence electrons. The highest BCUT2D eigenvalue weighted by Gasteiger charge is 2.24. The van der Waals surface area contributed by atoms with E-state index in [9.17, 15) is 4.79 Å². The monoisotopic (exact) mass is 285 g/mol. The molecule has 0 amide bonds. The second-order valence-corrected chi connectivity index (χ2v) is 4.90. The second kappa shape index (κ2) is 5.30. The first-order valence-corrected chi connectivity index (χ1v) is 6.90. The van der Waals surface area contributed by atoms with Crippen molar-refractivity contribution in [1.29, 1.82) is 0 Å². The molecule has 5 heteroatoms.